The molecule has 1 aromatic carbocycles. The molecule has 1 N–H and O–H groups in total. The topological polar surface area (TPSA) is 37.3 Å². The smallest absolute Gasteiger partial charge is 0.145 e. The molecule has 0 spiro atoms. The van der Waals surface area contributed by atoms with Crippen LogP contribution in [0.5, 0.6) is 5.75 Å². The highest BCUT2D eigenvalue weighted by atomic mass is 16.3. The Labute approximate surface area is 71.2 Å². The SMILES string of the molecule is C/C(C=O)=C\c1ccc(O)cc1. The van der Waals surface area contributed by atoms with Gasteiger partial charge in [-0.3, -0.25) is 4.79 Å². The van der Waals surface area contributed by atoms with Gasteiger partial charge in [-0.1, -0.05) is 12.1 Å². The van der Waals surface area contributed by atoms with Gasteiger partial charge in [-0.15, -0.1) is 0 Å². The molecule has 1 aromatic rings. The number of carbonyl (C=O) groups is 1. The minimum absolute atomic E-state index is 0.232. The molecule has 0 aliphatic carbocycles. The number of aromatic hydroxyl groups is 1. The number of phenols is 1. The number of carbonyl (C=O) groups excluding carboxylic acids is 1. The molecule has 0 radical (unpaired) electrons. The lowest BCUT2D eigenvalue weighted by atomic mass is 10.1. The van der Waals surface area contributed by atoms with E-state index in [1.165, 1.54) is 0 Å². The summed E-state index contributed by atoms with van der Waals surface area (Å²) in [5, 5.41) is 8.96. The van der Waals surface area contributed by atoms with Gasteiger partial charge in [-0.25, -0.2) is 0 Å². The maximum atomic E-state index is 10.3. The van der Waals surface area contributed by atoms with Crippen molar-refractivity contribution in [2.45, 2.75) is 6.92 Å². The number of hydrogen-bond acceptors (Lipinski definition) is 2. The van der Waals surface area contributed by atoms with Crippen LogP contribution in [0.15, 0.2) is 29.8 Å². The van der Waals surface area contributed by atoms with E-state index >= 15 is 0 Å². The standard InChI is InChI=1S/C10H10O2/c1-8(7-11)6-9-2-4-10(12)5-3-9/h2-7,12H,1H3/b8-6+. The zero-order valence-electron chi connectivity index (χ0n) is 6.82. The van der Waals surface area contributed by atoms with E-state index in [9.17, 15) is 4.79 Å². The van der Waals surface area contributed by atoms with Gasteiger partial charge in [0.05, 0.1) is 0 Å². The number of allylic oxidation sites excluding steroid dienone is 1. The minimum atomic E-state index is 0.232. The van der Waals surface area contributed by atoms with Crippen molar-refractivity contribution >= 4 is 12.4 Å². The van der Waals surface area contributed by atoms with Gasteiger partial charge in [0.15, 0.2) is 0 Å². The van der Waals surface area contributed by atoms with Crippen molar-refractivity contribution in [1.82, 2.24) is 0 Å². The molecule has 0 unspecified atom stereocenters. The van der Waals surface area contributed by atoms with E-state index in [1.807, 2.05) is 0 Å². The highest BCUT2D eigenvalue weighted by Crippen LogP contribution is 2.11. The quantitative estimate of drug-likeness (QED) is 0.533. The van der Waals surface area contributed by atoms with Crippen molar-refractivity contribution < 1.29 is 9.90 Å². The van der Waals surface area contributed by atoms with Crippen LogP contribution in [0.1, 0.15) is 12.5 Å². The summed E-state index contributed by atoms with van der Waals surface area (Å²) < 4.78 is 0. The molecule has 0 aliphatic rings. The Morgan fingerprint density at radius 3 is 2.42 bits per heavy atom. The molecule has 2 heteroatoms. The molecule has 0 saturated carbocycles. The number of aldehydes is 1. The maximum Gasteiger partial charge on any atom is 0.145 e. The molecule has 0 fully saturated rings. The van der Waals surface area contributed by atoms with E-state index in [0.717, 1.165) is 11.8 Å². The molecule has 0 atom stereocenters. The highest BCUT2D eigenvalue weighted by molar-refractivity contribution is 5.80. The Kier molecular flexibility index (Phi) is 2.64. The van der Waals surface area contributed by atoms with Crippen molar-refractivity contribution in [3.63, 3.8) is 0 Å². The number of rotatable bonds is 2. The fourth-order valence-corrected chi connectivity index (χ4v) is 0.867. The predicted octanol–water partition coefficient (Wildman–Crippen LogP) is 1.99. The van der Waals surface area contributed by atoms with E-state index in [4.69, 9.17) is 5.11 Å². The van der Waals surface area contributed by atoms with E-state index in [1.54, 1.807) is 37.3 Å². The molecule has 0 bridgehead atoms. The minimum Gasteiger partial charge on any atom is -0.508 e. The monoisotopic (exact) mass is 162 g/mol. The van der Waals surface area contributed by atoms with Crippen LogP contribution in [0.4, 0.5) is 0 Å². The van der Waals surface area contributed by atoms with Gasteiger partial charge < -0.3 is 5.11 Å². The van der Waals surface area contributed by atoms with Crippen LogP contribution in [-0.2, 0) is 4.79 Å². The second kappa shape index (κ2) is 3.72. The number of hydrogen-bond donors (Lipinski definition) is 1. The highest BCUT2D eigenvalue weighted by Gasteiger charge is 1.89. The largest absolute Gasteiger partial charge is 0.508 e. The van der Waals surface area contributed by atoms with Crippen molar-refractivity contribution in [3.8, 4) is 5.75 Å². The van der Waals surface area contributed by atoms with Gasteiger partial charge in [0.2, 0.25) is 0 Å². The third kappa shape index (κ3) is 2.23. The van der Waals surface area contributed by atoms with Crippen LogP contribution in [0, 0.1) is 0 Å². The summed E-state index contributed by atoms with van der Waals surface area (Å²) in [6.45, 7) is 1.74. The third-order valence-electron chi connectivity index (χ3n) is 1.47. The van der Waals surface area contributed by atoms with Crippen LogP contribution in [-0.4, -0.2) is 11.4 Å². The van der Waals surface area contributed by atoms with Crippen LogP contribution < -0.4 is 0 Å². The van der Waals surface area contributed by atoms with Crippen LogP contribution in [0.2, 0.25) is 0 Å². The third-order valence-corrected chi connectivity index (χ3v) is 1.47. The molecular formula is C10H10O2. The van der Waals surface area contributed by atoms with E-state index in [0.29, 0.717) is 5.57 Å². The average molecular weight is 162 g/mol. The molecule has 1 rings (SSSR count). The van der Waals surface area contributed by atoms with Crippen molar-refractivity contribution in [3.05, 3.63) is 35.4 Å². The van der Waals surface area contributed by atoms with Gasteiger partial charge in [0.1, 0.15) is 12.0 Å². The van der Waals surface area contributed by atoms with E-state index in [2.05, 4.69) is 0 Å². The Hall–Kier alpha value is -1.57. The van der Waals surface area contributed by atoms with Crippen LogP contribution in [0.3, 0.4) is 0 Å². The Balaban J connectivity index is 2.91. The van der Waals surface area contributed by atoms with Crippen molar-refractivity contribution in [1.29, 1.82) is 0 Å². The zero-order chi connectivity index (χ0) is 8.97. The zero-order valence-corrected chi connectivity index (χ0v) is 6.82. The fourth-order valence-electron chi connectivity index (χ4n) is 0.867. The summed E-state index contributed by atoms with van der Waals surface area (Å²) in [6, 6.07) is 6.68. The first-order valence-electron chi connectivity index (χ1n) is 3.65. The van der Waals surface area contributed by atoms with Gasteiger partial charge in [0, 0.05) is 0 Å². The molecule has 62 valence electrons. The second-order valence-corrected chi connectivity index (χ2v) is 2.60. The molecule has 2 nitrogen and oxygen atoms in total. The Bertz CT molecular complexity index is 296. The summed E-state index contributed by atoms with van der Waals surface area (Å²) in [4.78, 5) is 10.3. The van der Waals surface area contributed by atoms with Crippen molar-refractivity contribution in [2.24, 2.45) is 0 Å². The number of benzene rings is 1. The van der Waals surface area contributed by atoms with Crippen molar-refractivity contribution in [2.75, 3.05) is 0 Å². The molecule has 0 amide bonds. The Morgan fingerprint density at radius 1 is 1.33 bits per heavy atom. The lowest BCUT2D eigenvalue weighted by Crippen LogP contribution is -1.76. The first kappa shape index (κ1) is 8.53. The first-order valence-corrected chi connectivity index (χ1v) is 3.65. The molecular weight excluding hydrogens is 152 g/mol. The lowest BCUT2D eigenvalue weighted by molar-refractivity contribution is -0.104. The average Bonchev–Trinajstić information content (AvgIpc) is 2.09. The maximum absolute atomic E-state index is 10.3. The second-order valence-electron chi connectivity index (χ2n) is 2.60. The van der Waals surface area contributed by atoms with Crippen LogP contribution in [0.25, 0.3) is 6.08 Å². The van der Waals surface area contributed by atoms with E-state index < -0.39 is 0 Å². The molecule has 12 heavy (non-hydrogen) atoms. The molecule has 0 heterocycles. The summed E-state index contributed by atoms with van der Waals surface area (Å²) in [6.07, 6.45) is 2.55. The number of phenolic OH excluding ortho intramolecular Hbond substituents is 1. The van der Waals surface area contributed by atoms with Gasteiger partial charge in [-0.05, 0) is 36.3 Å². The summed E-state index contributed by atoms with van der Waals surface area (Å²) >= 11 is 0. The normalized spacial score (nSPS) is 11.2. The molecule has 0 aromatic heterocycles. The summed E-state index contributed by atoms with van der Waals surface area (Å²) in [5.74, 6) is 0.232. The van der Waals surface area contributed by atoms with Crippen LogP contribution >= 0.6 is 0 Å². The summed E-state index contributed by atoms with van der Waals surface area (Å²) in [7, 11) is 0. The first-order chi connectivity index (χ1) is 5.72. The lowest BCUT2D eigenvalue weighted by Gasteiger charge is -1.94. The van der Waals surface area contributed by atoms with Gasteiger partial charge in [0.25, 0.3) is 0 Å². The van der Waals surface area contributed by atoms with E-state index in [-0.39, 0.29) is 5.75 Å². The molecule has 0 saturated heterocycles. The predicted molar refractivity (Wildman–Crippen MR) is 47.8 cm³/mol. The summed E-state index contributed by atoms with van der Waals surface area (Å²) in [5.41, 5.74) is 1.58. The Morgan fingerprint density at radius 2 is 1.92 bits per heavy atom. The fraction of sp³-hybridized carbons (Fsp3) is 0.100. The van der Waals surface area contributed by atoms with Gasteiger partial charge >= 0.3 is 0 Å². The van der Waals surface area contributed by atoms with Gasteiger partial charge in [-0.2, -0.15) is 0 Å². The molecule has 0 aliphatic heterocycles.